The van der Waals surface area contributed by atoms with Crippen molar-refractivity contribution in [2.24, 2.45) is 0 Å². The van der Waals surface area contributed by atoms with Crippen molar-refractivity contribution in [3.8, 4) is 0 Å². The number of aliphatic hydroxyl groups excluding tert-OH is 1. The van der Waals surface area contributed by atoms with E-state index in [-0.39, 0.29) is 11.6 Å². The summed E-state index contributed by atoms with van der Waals surface area (Å²) in [4.78, 5) is 2.44. The molecule has 1 fully saturated rings. The molecule has 0 aromatic rings. The molecule has 0 aromatic heterocycles. The van der Waals surface area contributed by atoms with Crippen LogP contribution in [0.3, 0.4) is 0 Å². The predicted molar refractivity (Wildman–Crippen MR) is 55.8 cm³/mol. The molecule has 1 saturated heterocycles. The van der Waals surface area contributed by atoms with E-state index in [1.54, 1.807) is 0 Å². The van der Waals surface area contributed by atoms with Gasteiger partial charge in [0, 0.05) is 5.54 Å². The van der Waals surface area contributed by atoms with Crippen LogP contribution in [-0.2, 0) is 0 Å². The van der Waals surface area contributed by atoms with E-state index in [9.17, 15) is 5.11 Å². The van der Waals surface area contributed by atoms with Crippen LogP contribution in [0.15, 0.2) is 0 Å². The van der Waals surface area contributed by atoms with Gasteiger partial charge in [-0.25, -0.2) is 0 Å². The van der Waals surface area contributed by atoms with Crippen LogP contribution in [-0.4, -0.2) is 34.7 Å². The van der Waals surface area contributed by atoms with Crippen molar-refractivity contribution < 1.29 is 5.11 Å². The summed E-state index contributed by atoms with van der Waals surface area (Å²) in [6.45, 7) is 8.83. The molecule has 1 aliphatic rings. The normalized spacial score (nSPS) is 29.1. The standard InChI is InChI=1S/C11H23NO/c1-4-5-8-12-9-6-7-10(13)11(12,2)3/h10,13H,4-9H2,1-3H3. The van der Waals surface area contributed by atoms with Crippen LogP contribution in [0, 0.1) is 0 Å². The van der Waals surface area contributed by atoms with E-state index in [2.05, 4.69) is 25.7 Å². The third kappa shape index (κ3) is 2.44. The molecule has 1 aliphatic heterocycles. The van der Waals surface area contributed by atoms with E-state index in [0.717, 1.165) is 25.9 Å². The molecule has 1 heterocycles. The highest BCUT2D eigenvalue weighted by Gasteiger charge is 2.36. The van der Waals surface area contributed by atoms with Crippen molar-refractivity contribution in [3.63, 3.8) is 0 Å². The van der Waals surface area contributed by atoms with Crippen LogP contribution in [0.2, 0.25) is 0 Å². The lowest BCUT2D eigenvalue weighted by molar-refractivity contribution is -0.0439. The smallest absolute Gasteiger partial charge is 0.0718 e. The fourth-order valence-electron chi connectivity index (χ4n) is 2.08. The first kappa shape index (κ1) is 11.0. The fourth-order valence-corrected chi connectivity index (χ4v) is 2.08. The second-order valence-corrected chi connectivity index (χ2v) is 4.65. The molecule has 1 unspecified atom stereocenters. The summed E-state index contributed by atoms with van der Waals surface area (Å²) >= 11 is 0. The number of unbranched alkanes of at least 4 members (excludes halogenated alkanes) is 1. The summed E-state index contributed by atoms with van der Waals surface area (Å²) in [5.74, 6) is 0. The lowest BCUT2D eigenvalue weighted by atomic mass is 9.87. The first-order chi connectivity index (χ1) is 6.09. The summed E-state index contributed by atoms with van der Waals surface area (Å²) in [5.41, 5.74) is -0.00653. The zero-order valence-corrected chi connectivity index (χ0v) is 9.21. The Labute approximate surface area is 81.9 Å². The second-order valence-electron chi connectivity index (χ2n) is 4.65. The summed E-state index contributed by atoms with van der Waals surface area (Å²) in [5, 5.41) is 9.87. The second kappa shape index (κ2) is 4.43. The minimum Gasteiger partial charge on any atom is -0.391 e. The highest BCUT2D eigenvalue weighted by molar-refractivity contribution is 4.92. The minimum atomic E-state index is -0.141. The average molecular weight is 185 g/mol. The molecule has 1 atom stereocenters. The average Bonchev–Trinajstić information content (AvgIpc) is 2.08. The van der Waals surface area contributed by atoms with Gasteiger partial charge in [0.05, 0.1) is 6.10 Å². The molecule has 0 aliphatic carbocycles. The third-order valence-corrected chi connectivity index (χ3v) is 3.32. The quantitative estimate of drug-likeness (QED) is 0.727. The Morgan fingerprint density at radius 3 is 2.77 bits per heavy atom. The lowest BCUT2D eigenvalue weighted by Gasteiger charge is -2.46. The molecule has 0 saturated carbocycles. The topological polar surface area (TPSA) is 23.5 Å². The Balaban J connectivity index is 2.50. The van der Waals surface area contributed by atoms with Gasteiger partial charge in [0.2, 0.25) is 0 Å². The number of nitrogens with zero attached hydrogens (tertiary/aromatic N) is 1. The highest BCUT2D eigenvalue weighted by atomic mass is 16.3. The number of piperidine rings is 1. The molecule has 0 spiro atoms. The summed E-state index contributed by atoms with van der Waals surface area (Å²) in [6, 6.07) is 0. The molecule has 2 heteroatoms. The molecular formula is C11H23NO. The van der Waals surface area contributed by atoms with E-state index >= 15 is 0 Å². The SMILES string of the molecule is CCCCN1CCCC(O)C1(C)C. The minimum absolute atomic E-state index is 0.00653. The van der Waals surface area contributed by atoms with Gasteiger partial charge in [-0.05, 0) is 46.2 Å². The Hall–Kier alpha value is -0.0800. The monoisotopic (exact) mass is 185 g/mol. The number of likely N-dealkylation sites (tertiary alicyclic amines) is 1. The van der Waals surface area contributed by atoms with Gasteiger partial charge in [-0.2, -0.15) is 0 Å². The molecule has 0 radical (unpaired) electrons. The molecule has 13 heavy (non-hydrogen) atoms. The van der Waals surface area contributed by atoms with Gasteiger partial charge in [0.15, 0.2) is 0 Å². The first-order valence-corrected chi connectivity index (χ1v) is 5.52. The maximum atomic E-state index is 9.87. The lowest BCUT2D eigenvalue weighted by Crippen LogP contribution is -2.56. The van der Waals surface area contributed by atoms with Crippen LogP contribution in [0.25, 0.3) is 0 Å². The molecule has 2 nitrogen and oxygen atoms in total. The molecule has 78 valence electrons. The molecule has 0 amide bonds. The van der Waals surface area contributed by atoms with Crippen LogP contribution in [0.4, 0.5) is 0 Å². The van der Waals surface area contributed by atoms with Crippen LogP contribution in [0.1, 0.15) is 46.5 Å². The van der Waals surface area contributed by atoms with E-state index in [1.807, 2.05) is 0 Å². The largest absolute Gasteiger partial charge is 0.391 e. The van der Waals surface area contributed by atoms with E-state index in [0.29, 0.717) is 0 Å². The number of hydrogen-bond donors (Lipinski definition) is 1. The van der Waals surface area contributed by atoms with Gasteiger partial charge in [-0.1, -0.05) is 13.3 Å². The highest BCUT2D eigenvalue weighted by Crippen LogP contribution is 2.27. The van der Waals surface area contributed by atoms with Gasteiger partial charge in [-0.15, -0.1) is 0 Å². The number of rotatable bonds is 3. The van der Waals surface area contributed by atoms with Gasteiger partial charge in [0.1, 0.15) is 0 Å². The van der Waals surface area contributed by atoms with Crippen molar-refractivity contribution in [1.82, 2.24) is 4.90 Å². The first-order valence-electron chi connectivity index (χ1n) is 5.52. The Morgan fingerprint density at radius 1 is 1.46 bits per heavy atom. The van der Waals surface area contributed by atoms with E-state index in [4.69, 9.17) is 0 Å². The van der Waals surface area contributed by atoms with Gasteiger partial charge in [-0.3, -0.25) is 4.90 Å². The van der Waals surface area contributed by atoms with Gasteiger partial charge in [0.25, 0.3) is 0 Å². The molecular weight excluding hydrogens is 162 g/mol. The van der Waals surface area contributed by atoms with Gasteiger partial charge < -0.3 is 5.11 Å². The van der Waals surface area contributed by atoms with Crippen LogP contribution >= 0.6 is 0 Å². The summed E-state index contributed by atoms with van der Waals surface area (Å²) < 4.78 is 0. The molecule has 1 N–H and O–H groups in total. The molecule has 0 aromatic carbocycles. The van der Waals surface area contributed by atoms with Crippen LogP contribution in [0.5, 0.6) is 0 Å². The maximum absolute atomic E-state index is 9.87. The Morgan fingerprint density at radius 2 is 2.15 bits per heavy atom. The zero-order valence-electron chi connectivity index (χ0n) is 9.21. The van der Waals surface area contributed by atoms with Crippen LogP contribution < -0.4 is 0 Å². The molecule has 0 bridgehead atoms. The van der Waals surface area contributed by atoms with Crippen molar-refractivity contribution in [1.29, 1.82) is 0 Å². The van der Waals surface area contributed by atoms with Crippen molar-refractivity contribution in [3.05, 3.63) is 0 Å². The van der Waals surface area contributed by atoms with Crippen molar-refractivity contribution >= 4 is 0 Å². The summed E-state index contributed by atoms with van der Waals surface area (Å²) in [7, 11) is 0. The van der Waals surface area contributed by atoms with Crippen molar-refractivity contribution in [2.45, 2.75) is 58.1 Å². The maximum Gasteiger partial charge on any atom is 0.0718 e. The number of hydrogen-bond acceptors (Lipinski definition) is 2. The fraction of sp³-hybridized carbons (Fsp3) is 1.00. The van der Waals surface area contributed by atoms with E-state index < -0.39 is 0 Å². The summed E-state index contributed by atoms with van der Waals surface area (Å²) in [6.07, 6.45) is 4.46. The van der Waals surface area contributed by atoms with Gasteiger partial charge >= 0.3 is 0 Å². The van der Waals surface area contributed by atoms with E-state index in [1.165, 1.54) is 12.8 Å². The molecule has 1 rings (SSSR count). The third-order valence-electron chi connectivity index (χ3n) is 3.32. The predicted octanol–water partition coefficient (Wildman–Crippen LogP) is 2.02. The Bertz CT molecular complexity index is 156. The zero-order chi connectivity index (χ0) is 9.90. The Kier molecular flexibility index (Phi) is 3.74. The number of aliphatic hydroxyl groups is 1. The van der Waals surface area contributed by atoms with Crippen molar-refractivity contribution in [2.75, 3.05) is 13.1 Å².